The van der Waals surface area contributed by atoms with Crippen LogP contribution in [0.4, 0.5) is 0 Å². The van der Waals surface area contributed by atoms with Crippen molar-refractivity contribution in [3.05, 3.63) is 18.0 Å². The Morgan fingerprint density at radius 1 is 1.50 bits per heavy atom. The fourth-order valence-electron chi connectivity index (χ4n) is 1.47. The lowest BCUT2D eigenvalue weighted by Crippen LogP contribution is -2.15. The molecule has 0 aliphatic heterocycles. The maximum absolute atomic E-state index is 5.61. The van der Waals surface area contributed by atoms with E-state index in [1.165, 1.54) is 0 Å². The van der Waals surface area contributed by atoms with Gasteiger partial charge in [-0.1, -0.05) is 6.92 Å². The molecule has 0 saturated heterocycles. The fraction of sp³-hybridized carbons (Fsp3) is 0.750. The summed E-state index contributed by atoms with van der Waals surface area (Å²) in [5.41, 5.74) is 1.12. The Bertz CT molecular complexity index is 286. The first-order chi connectivity index (χ1) is 7.77. The Balaban J connectivity index is 2.24. The molecule has 4 heteroatoms. The Kier molecular flexibility index (Phi) is 6.50. The topological polar surface area (TPSA) is 29.9 Å². The van der Waals surface area contributed by atoms with E-state index < -0.39 is 0 Å². The number of hydrogen-bond acceptors (Lipinski definition) is 2. The van der Waals surface area contributed by atoms with Crippen molar-refractivity contribution in [1.29, 1.82) is 0 Å². The second-order valence-electron chi connectivity index (χ2n) is 4.12. The van der Waals surface area contributed by atoms with Gasteiger partial charge in [-0.3, -0.25) is 4.68 Å². The maximum Gasteiger partial charge on any atom is 0.0762 e. The first-order valence-electron chi connectivity index (χ1n) is 6.08. The van der Waals surface area contributed by atoms with Crippen LogP contribution in [0.3, 0.4) is 0 Å². The van der Waals surface area contributed by atoms with Gasteiger partial charge in [-0.25, -0.2) is 0 Å². The van der Waals surface area contributed by atoms with E-state index in [-0.39, 0.29) is 0 Å². The van der Waals surface area contributed by atoms with Crippen LogP contribution in [0.2, 0.25) is 0 Å². The number of nitrogens with zero attached hydrogens (tertiary/aromatic N) is 2. The lowest BCUT2D eigenvalue weighted by molar-refractivity contribution is 0.471. The third-order valence-corrected chi connectivity index (χ3v) is 3.02. The molecule has 1 atom stereocenters. The van der Waals surface area contributed by atoms with Crippen LogP contribution in [-0.2, 0) is 6.54 Å². The zero-order chi connectivity index (χ0) is 11.8. The standard InChI is InChI=1S/C12H22ClN3/c1-3-11(2)16-9-6-12(15-16)10-14-8-5-4-7-13/h6,9,11,14H,3-5,7-8,10H2,1-2H3. The van der Waals surface area contributed by atoms with Crippen molar-refractivity contribution in [3.8, 4) is 0 Å². The Morgan fingerprint density at radius 2 is 2.31 bits per heavy atom. The van der Waals surface area contributed by atoms with Crippen LogP contribution < -0.4 is 5.32 Å². The minimum Gasteiger partial charge on any atom is -0.311 e. The monoisotopic (exact) mass is 243 g/mol. The van der Waals surface area contributed by atoms with Gasteiger partial charge in [0.15, 0.2) is 0 Å². The van der Waals surface area contributed by atoms with E-state index in [4.69, 9.17) is 11.6 Å². The molecule has 0 aliphatic carbocycles. The van der Waals surface area contributed by atoms with Crippen molar-refractivity contribution < 1.29 is 0 Å². The summed E-state index contributed by atoms with van der Waals surface area (Å²) >= 11 is 5.61. The van der Waals surface area contributed by atoms with Gasteiger partial charge in [0, 0.05) is 24.7 Å². The van der Waals surface area contributed by atoms with E-state index in [1.54, 1.807) is 0 Å². The van der Waals surface area contributed by atoms with E-state index in [9.17, 15) is 0 Å². The number of rotatable bonds is 8. The van der Waals surface area contributed by atoms with Crippen LogP contribution in [0.1, 0.15) is 44.8 Å². The zero-order valence-corrected chi connectivity index (χ0v) is 11.0. The van der Waals surface area contributed by atoms with E-state index in [2.05, 4.69) is 36.5 Å². The molecule has 92 valence electrons. The highest BCUT2D eigenvalue weighted by atomic mass is 35.5. The van der Waals surface area contributed by atoms with E-state index in [0.29, 0.717) is 6.04 Å². The molecule has 0 bridgehead atoms. The first-order valence-corrected chi connectivity index (χ1v) is 6.62. The molecule has 0 saturated carbocycles. The Hall–Kier alpha value is -0.540. The average molecular weight is 244 g/mol. The second kappa shape index (κ2) is 7.69. The second-order valence-corrected chi connectivity index (χ2v) is 4.50. The van der Waals surface area contributed by atoms with Crippen molar-refractivity contribution in [2.24, 2.45) is 0 Å². The number of alkyl halides is 1. The minimum atomic E-state index is 0.491. The molecule has 0 fully saturated rings. The predicted octanol–water partition coefficient (Wildman–Crippen LogP) is 2.96. The van der Waals surface area contributed by atoms with Crippen molar-refractivity contribution in [2.45, 2.75) is 45.7 Å². The van der Waals surface area contributed by atoms with Gasteiger partial charge in [-0.05, 0) is 38.8 Å². The maximum atomic E-state index is 5.61. The molecule has 0 aliphatic rings. The molecule has 3 nitrogen and oxygen atoms in total. The van der Waals surface area contributed by atoms with Crippen LogP contribution in [0.25, 0.3) is 0 Å². The summed E-state index contributed by atoms with van der Waals surface area (Å²) in [4.78, 5) is 0. The number of hydrogen-bond donors (Lipinski definition) is 1. The highest BCUT2D eigenvalue weighted by Crippen LogP contribution is 2.08. The molecule has 0 aromatic carbocycles. The molecule has 1 aromatic rings. The summed E-state index contributed by atoms with van der Waals surface area (Å²) in [6, 6.07) is 2.57. The third-order valence-electron chi connectivity index (χ3n) is 2.75. The van der Waals surface area contributed by atoms with Gasteiger partial charge in [0.25, 0.3) is 0 Å². The van der Waals surface area contributed by atoms with Gasteiger partial charge >= 0.3 is 0 Å². The van der Waals surface area contributed by atoms with E-state index in [0.717, 1.165) is 43.9 Å². The molecule has 1 heterocycles. The van der Waals surface area contributed by atoms with Crippen molar-refractivity contribution >= 4 is 11.6 Å². The van der Waals surface area contributed by atoms with Gasteiger partial charge in [-0.15, -0.1) is 11.6 Å². The van der Waals surface area contributed by atoms with Gasteiger partial charge in [0.05, 0.1) is 5.69 Å². The largest absolute Gasteiger partial charge is 0.311 e. The molecule has 1 rings (SSSR count). The summed E-state index contributed by atoms with van der Waals surface area (Å²) < 4.78 is 2.04. The predicted molar refractivity (Wildman–Crippen MR) is 68.9 cm³/mol. The van der Waals surface area contributed by atoms with Crippen LogP contribution in [-0.4, -0.2) is 22.2 Å². The van der Waals surface area contributed by atoms with Crippen LogP contribution in [0.15, 0.2) is 12.3 Å². The molecule has 0 radical (unpaired) electrons. The van der Waals surface area contributed by atoms with E-state index in [1.807, 2.05) is 4.68 Å². The molecule has 1 unspecified atom stereocenters. The van der Waals surface area contributed by atoms with Crippen molar-refractivity contribution in [3.63, 3.8) is 0 Å². The molecule has 16 heavy (non-hydrogen) atoms. The number of aromatic nitrogens is 2. The van der Waals surface area contributed by atoms with Gasteiger partial charge in [0.1, 0.15) is 0 Å². The third kappa shape index (κ3) is 4.54. The quantitative estimate of drug-likeness (QED) is 0.562. The van der Waals surface area contributed by atoms with Crippen LogP contribution in [0.5, 0.6) is 0 Å². The SMILES string of the molecule is CCC(C)n1ccc(CNCCCCCl)n1. The average Bonchev–Trinajstić information content (AvgIpc) is 2.76. The summed E-state index contributed by atoms with van der Waals surface area (Å²) in [5.74, 6) is 0.754. The van der Waals surface area contributed by atoms with Gasteiger partial charge < -0.3 is 5.32 Å². The number of nitrogens with one attached hydrogen (secondary N) is 1. The normalized spacial score (nSPS) is 12.9. The molecule has 0 spiro atoms. The fourth-order valence-corrected chi connectivity index (χ4v) is 1.65. The molecule has 0 amide bonds. The van der Waals surface area contributed by atoms with Crippen LogP contribution in [0, 0.1) is 0 Å². The van der Waals surface area contributed by atoms with Gasteiger partial charge in [-0.2, -0.15) is 5.10 Å². The van der Waals surface area contributed by atoms with Crippen molar-refractivity contribution in [2.75, 3.05) is 12.4 Å². The smallest absolute Gasteiger partial charge is 0.0762 e. The minimum absolute atomic E-state index is 0.491. The molecule has 1 aromatic heterocycles. The summed E-state index contributed by atoms with van der Waals surface area (Å²) in [6.45, 7) is 6.23. The molecular formula is C12H22ClN3. The lowest BCUT2D eigenvalue weighted by atomic mass is 10.3. The summed E-state index contributed by atoms with van der Waals surface area (Å²) in [5, 5.41) is 7.90. The lowest BCUT2D eigenvalue weighted by Gasteiger charge is -2.08. The summed E-state index contributed by atoms with van der Waals surface area (Å²) in [7, 11) is 0. The number of unbranched alkanes of at least 4 members (excludes halogenated alkanes) is 1. The van der Waals surface area contributed by atoms with Crippen LogP contribution >= 0.6 is 11.6 Å². The molecule has 1 N–H and O–H groups in total. The zero-order valence-electron chi connectivity index (χ0n) is 10.2. The van der Waals surface area contributed by atoms with E-state index >= 15 is 0 Å². The van der Waals surface area contributed by atoms with Gasteiger partial charge in [0.2, 0.25) is 0 Å². The highest BCUT2D eigenvalue weighted by molar-refractivity contribution is 6.17. The summed E-state index contributed by atoms with van der Waals surface area (Å²) in [6.07, 6.45) is 5.39. The molecular weight excluding hydrogens is 222 g/mol. The first kappa shape index (κ1) is 13.5. The van der Waals surface area contributed by atoms with Crippen molar-refractivity contribution in [1.82, 2.24) is 15.1 Å². The Labute approximate surface area is 103 Å². The Morgan fingerprint density at radius 3 is 3.00 bits per heavy atom. The highest BCUT2D eigenvalue weighted by Gasteiger charge is 2.03. The number of halogens is 1.